The molecule has 0 fully saturated rings. The molecule has 0 unspecified atom stereocenters. The van der Waals surface area contributed by atoms with Crippen molar-refractivity contribution in [2.24, 2.45) is 5.84 Å². The van der Waals surface area contributed by atoms with Crippen LogP contribution in [0.3, 0.4) is 0 Å². The van der Waals surface area contributed by atoms with E-state index in [1.54, 1.807) is 0 Å². The number of oxazole rings is 1. The normalized spacial score (nSPS) is 10.4. The number of hydrogen-bond acceptors (Lipinski definition) is 6. The molecule has 4 N–H and O–H groups in total. The van der Waals surface area contributed by atoms with Crippen LogP contribution in [-0.2, 0) is 6.54 Å². The Labute approximate surface area is 120 Å². The molecule has 0 saturated carbocycles. The molecule has 0 bridgehead atoms. The van der Waals surface area contributed by atoms with Crippen LogP contribution in [0.15, 0.2) is 16.5 Å². The smallest absolute Gasteiger partial charge is 0.251 e. The highest BCUT2D eigenvalue weighted by molar-refractivity contribution is 6.29. The van der Waals surface area contributed by atoms with Crippen LogP contribution >= 0.6 is 11.6 Å². The molecule has 0 aromatic carbocycles. The number of nitrogens with two attached hydrogens (primary N) is 1. The van der Waals surface area contributed by atoms with Gasteiger partial charge in [0.25, 0.3) is 5.91 Å². The van der Waals surface area contributed by atoms with Gasteiger partial charge in [0.15, 0.2) is 0 Å². The van der Waals surface area contributed by atoms with E-state index in [-0.39, 0.29) is 17.6 Å². The standard InChI is InChI=1S/C12H14ClN5O2/c1-6-7(2)20-11(16-6)5-15-12(19)8-3-9(13)17-10(4-8)18-14/h3-4H,5,14H2,1-2H3,(H,15,19)(H,17,18). The number of nitrogen functional groups attached to an aromatic ring is 1. The van der Waals surface area contributed by atoms with Crippen molar-refractivity contribution in [3.8, 4) is 0 Å². The van der Waals surface area contributed by atoms with Crippen molar-refractivity contribution in [2.75, 3.05) is 5.43 Å². The molecule has 2 heterocycles. The number of nitrogens with one attached hydrogen (secondary N) is 2. The van der Waals surface area contributed by atoms with Gasteiger partial charge < -0.3 is 15.2 Å². The summed E-state index contributed by atoms with van der Waals surface area (Å²) in [6.45, 7) is 3.85. The third kappa shape index (κ3) is 3.25. The van der Waals surface area contributed by atoms with E-state index in [0.29, 0.717) is 17.3 Å². The number of halogens is 1. The van der Waals surface area contributed by atoms with E-state index >= 15 is 0 Å². The molecule has 1 amide bonds. The second kappa shape index (κ2) is 5.89. The minimum Gasteiger partial charge on any atom is -0.444 e. The predicted octanol–water partition coefficient (Wildman–Crippen LogP) is 1.56. The number of pyridine rings is 1. The summed E-state index contributed by atoms with van der Waals surface area (Å²) in [5.74, 6) is 6.42. The summed E-state index contributed by atoms with van der Waals surface area (Å²) in [4.78, 5) is 20.1. The molecule has 8 heteroatoms. The largest absolute Gasteiger partial charge is 0.444 e. The van der Waals surface area contributed by atoms with Crippen LogP contribution in [0.1, 0.15) is 27.7 Å². The average Bonchev–Trinajstić information content (AvgIpc) is 2.74. The first-order valence-electron chi connectivity index (χ1n) is 5.85. The van der Waals surface area contributed by atoms with E-state index in [1.165, 1.54) is 12.1 Å². The number of hydrazine groups is 1. The van der Waals surface area contributed by atoms with Crippen LogP contribution in [0, 0.1) is 13.8 Å². The Hall–Kier alpha value is -2.12. The number of aromatic nitrogens is 2. The summed E-state index contributed by atoms with van der Waals surface area (Å²) in [5.41, 5.74) is 3.49. The number of nitrogens with zero attached hydrogens (tertiary/aromatic N) is 2. The molecule has 0 radical (unpaired) electrons. The number of anilines is 1. The maximum absolute atomic E-state index is 12.0. The topological polar surface area (TPSA) is 106 Å². The Balaban J connectivity index is 2.06. The second-order valence-electron chi connectivity index (χ2n) is 4.14. The van der Waals surface area contributed by atoms with E-state index in [0.717, 1.165) is 11.5 Å². The molecular formula is C12H14ClN5O2. The van der Waals surface area contributed by atoms with Crippen LogP contribution in [0.2, 0.25) is 5.15 Å². The maximum Gasteiger partial charge on any atom is 0.251 e. The number of amides is 1. The lowest BCUT2D eigenvalue weighted by Gasteiger charge is -2.05. The molecule has 2 aromatic heterocycles. The van der Waals surface area contributed by atoms with Gasteiger partial charge in [-0.15, -0.1) is 0 Å². The lowest BCUT2D eigenvalue weighted by Crippen LogP contribution is -2.23. The summed E-state index contributed by atoms with van der Waals surface area (Å²) in [6.07, 6.45) is 0. The van der Waals surface area contributed by atoms with Crippen molar-refractivity contribution < 1.29 is 9.21 Å². The Kier molecular flexibility index (Phi) is 4.21. The van der Waals surface area contributed by atoms with Crippen molar-refractivity contribution in [3.05, 3.63) is 40.2 Å². The van der Waals surface area contributed by atoms with Gasteiger partial charge in [0, 0.05) is 5.56 Å². The number of hydrogen-bond donors (Lipinski definition) is 3. The highest BCUT2D eigenvalue weighted by atomic mass is 35.5. The first kappa shape index (κ1) is 14.3. The molecule has 7 nitrogen and oxygen atoms in total. The quantitative estimate of drug-likeness (QED) is 0.449. The number of rotatable bonds is 4. The molecular weight excluding hydrogens is 282 g/mol. The van der Waals surface area contributed by atoms with E-state index in [9.17, 15) is 4.79 Å². The number of carbonyl (C=O) groups is 1. The lowest BCUT2D eigenvalue weighted by molar-refractivity contribution is 0.0947. The van der Waals surface area contributed by atoms with E-state index in [1.807, 2.05) is 13.8 Å². The molecule has 0 spiro atoms. The molecule has 0 aliphatic heterocycles. The molecule has 0 atom stereocenters. The fourth-order valence-corrected chi connectivity index (χ4v) is 1.78. The summed E-state index contributed by atoms with van der Waals surface area (Å²) in [6, 6.07) is 2.94. The summed E-state index contributed by atoms with van der Waals surface area (Å²) < 4.78 is 5.37. The van der Waals surface area contributed by atoms with Crippen molar-refractivity contribution in [2.45, 2.75) is 20.4 Å². The maximum atomic E-state index is 12.0. The summed E-state index contributed by atoms with van der Waals surface area (Å²) in [5, 5.41) is 2.86. The molecule has 20 heavy (non-hydrogen) atoms. The SMILES string of the molecule is Cc1nc(CNC(=O)c2cc(Cl)nc(NN)c2)oc1C. The van der Waals surface area contributed by atoms with Gasteiger partial charge in [0.2, 0.25) is 5.89 Å². The Morgan fingerprint density at radius 2 is 2.15 bits per heavy atom. The Morgan fingerprint density at radius 3 is 2.75 bits per heavy atom. The molecule has 0 saturated heterocycles. The predicted molar refractivity (Wildman–Crippen MR) is 74.2 cm³/mol. The lowest BCUT2D eigenvalue weighted by atomic mass is 10.2. The zero-order valence-corrected chi connectivity index (χ0v) is 11.8. The van der Waals surface area contributed by atoms with Gasteiger partial charge >= 0.3 is 0 Å². The molecule has 2 rings (SSSR count). The van der Waals surface area contributed by atoms with Crippen molar-refractivity contribution in [1.29, 1.82) is 0 Å². The van der Waals surface area contributed by atoms with Crippen molar-refractivity contribution in [1.82, 2.24) is 15.3 Å². The zero-order valence-electron chi connectivity index (χ0n) is 11.0. The van der Waals surface area contributed by atoms with Crippen LogP contribution < -0.4 is 16.6 Å². The van der Waals surface area contributed by atoms with Gasteiger partial charge in [-0.05, 0) is 26.0 Å². The highest BCUT2D eigenvalue weighted by Crippen LogP contribution is 2.14. The minimum absolute atomic E-state index is 0.174. The van der Waals surface area contributed by atoms with Crippen LogP contribution in [0.25, 0.3) is 0 Å². The van der Waals surface area contributed by atoms with Crippen molar-refractivity contribution >= 4 is 23.3 Å². The van der Waals surface area contributed by atoms with E-state index in [4.69, 9.17) is 21.9 Å². The Morgan fingerprint density at radius 1 is 1.40 bits per heavy atom. The molecule has 0 aliphatic carbocycles. The van der Waals surface area contributed by atoms with Crippen molar-refractivity contribution in [3.63, 3.8) is 0 Å². The molecule has 106 valence electrons. The van der Waals surface area contributed by atoms with Gasteiger partial charge in [-0.3, -0.25) is 4.79 Å². The number of aryl methyl sites for hydroxylation is 2. The summed E-state index contributed by atoms with van der Waals surface area (Å²) >= 11 is 5.80. The average molecular weight is 296 g/mol. The van der Waals surface area contributed by atoms with Gasteiger partial charge in [0.1, 0.15) is 16.7 Å². The van der Waals surface area contributed by atoms with Gasteiger partial charge in [-0.2, -0.15) is 0 Å². The van der Waals surface area contributed by atoms with Gasteiger partial charge in [0.05, 0.1) is 12.2 Å². The Bertz CT molecular complexity index is 621. The summed E-state index contributed by atoms with van der Waals surface area (Å²) in [7, 11) is 0. The van der Waals surface area contributed by atoms with Gasteiger partial charge in [-0.25, -0.2) is 15.8 Å². The fourth-order valence-electron chi connectivity index (χ4n) is 1.57. The van der Waals surface area contributed by atoms with E-state index in [2.05, 4.69) is 20.7 Å². The zero-order chi connectivity index (χ0) is 14.7. The third-order valence-corrected chi connectivity index (χ3v) is 2.87. The highest BCUT2D eigenvalue weighted by Gasteiger charge is 2.11. The molecule has 0 aliphatic rings. The van der Waals surface area contributed by atoms with Crippen LogP contribution in [0.5, 0.6) is 0 Å². The third-order valence-electron chi connectivity index (χ3n) is 2.68. The fraction of sp³-hybridized carbons (Fsp3) is 0.250. The van der Waals surface area contributed by atoms with Crippen LogP contribution in [-0.4, -0.2) is 15.9 Å². The monoisotopic (exact) mass is 295 g/mol. The first-order chi connectivity index (χ1) is 9.49. The van der Waals surface area contributed by atoms with Crippen LogP contribution in [0.4, 0.5) is 5.82 Å². The minimum atomic E-state index is -0.320. The molecule has 2 aromatic rings. The number of carbonyl (C=O) groups excluding carboxylic acids is 1. The first-order valence-corrected chi connectivity index (χ1v) is 6.22. The second-order valence-corrected chi connectivity index (χ2v) is 4.53. The van der Waals surface area contributed by atoms with E-state index < -0.39 is 0 Å². The van der Waals surface area contributed by atoms with Gasteiger partial charge in [-0.1, -0.05) is 11.6 Å².